The number of aromatic nitrogens is 6. The molecule has 0 saturated heterocycles. The number of nitrogens with zero attached hydrogens (tertiary/aromatic N) is 4. The van der Waals surface area contributed by atoms with Crippen LogP contribution in [0.5, 0.6) is 5.88 Å². The van der Waals surface area contributed by atoms with Crippen molar-refractivity contribution in [1.82, 2.24) is 35.5 Å². The second-order valence-electron chi connectivity index (χ2n) is 7.83. The number of nitrogens with two attached hydrogens (primary N) is 1. The van der Waals surface area contributed by atoms with Crippen LogP contribution in [0.15, 0.2) is 42.9 Å². The van der Waals surface area contributed by atoms with Gasteiger partial charge in [0.05, 0.1) is 36.1 Å². The third-order valence-electron chi connectivity index (χ3n) is 5.44. The lowest BCUT2D eigenvalue weighted by molar-refractivity contribution is -0.118. The van der Waals surface area contributed by atoms with E-state index in [1.54, 1.807) is 13.3 Å². The van der Waals surface area contributed by atoms with Crippen molar-refractivity contribution in [2.24, 2.45) is 5.73 Å². The van der Waals surface area contributed by atoms with Gasteiger partial charge in [0.15, 0.2) is 0 Å². The van der Waals surface area contributed by atoms with Gasteiger partial charge in [0, 0.05) is 11.8 Å². The summed E-state index contributed by atoms with van der Waals surface area (Å²) in [6, 6.07) is 9.36. The first-order valence-electron chi connectivity index (χ1n) is 11.0. The highest BCUT2D eigenvalue weighted by atomic mass is 16.5. The number of methoxy groups -OCH3 is 1. The summed E-state index contributed by atoms with van der Waals surface area (Å²) in [5.41, 5.74) is 7.53. The minimum atomic E-state index is -0.411. The number of nitrogens with one attached hydrogen (secondary N) is 3. The van der Waals surface area contributed by atoms with Gasteiger partial charge in [0.1, 0.15) is 12.2 Å². The van der Waals surface area contributed by atoms with E-state index < -0.39 is 11.9 Å². The van der Waals surface area contributed by atoms with Gasteiger partial charge < -0.3 is 20.8 Å². The Labute approximate surface area is 195 Å². The molecule has 2 amide bonds. The van der Waals surface area contributed by atoms with E-state index in [0.717, 1.165) is 35.0 Å². The molecule has 34 heavy (non-hydrogen) atoms. The zero-order valence-electron chi connectivity index (χ0n) is 18.7. The Kier molecular flexibility index (Phi) is 7.11. The van der Waals surface area contributed by atoms with Crippen LogP contribution < -0.4 is 15.8 Å². The number of carbonyl (C=O) groups excluding carboxylic acids is 2. The van der Waals surface area contributed by atoms with Crippen molar-refractivity contribution in [1.29, 1.82) is 0 Å². The first-order valence-corrected chi connectivity index (χ1v) is 11.0. The van der Waals surface area contributed by atoms with Gasteiger partial charge in [-0.05, 0) is 25.0 Å². The van der Waals surface area contributed by atoms with Crippen LogP contribution in [0.2, 0.25) is 0 Å². The van der Waals surface area contributed by atoms with E-state index in [9.17, 15) is 9.59 Å². The first-order chi connectivity index (χ1) is 16.5. The number of ether oxygens (including phenoxy) is 1. The maximum atomic E-state index is 12.6. The molecule has 176 valence electrons. The molecular weight excluding hydrogens is 436 g/mol. The van der Waals surface area contributed by atoms with Gasteiger partial charge >= 0.3 is 0 Å². The molecule has 0 aliphatic carbocycles. The van der Waals surface area contributed by atoms with Crippen molar-refractivity contribution in [2.75, 3.05) is 7.11 Å². The third-order valence-corrected chi connectivity index (χ3v) is 5.44. The normalized spacial score (nSPS) is 11.9. The summed E-state index contributed by atoms with van der Waals surface area (Å²) in [5, 5.41) is 10.3. The number of aromatic amines is 2. The molecule has 3 aromatic heterocycles. The average Bonchev–Trinajstić information content (AvgIpc) is 3.55. The predicted molar refractivity (Wildman–Crippen MR) is 125 cm³/mol. The minimum Gasteiger partial charge on any atom is -0.480 e. The standard InChI is InChI=1S/C23H26N8O3/c1-34-23-15(11-14-7-5-6-8-16(14)30-23)18-12-25-20(28-18)17(9-3-2-4-10-19(24)32)29-22(33)21-26-13-27-31-21/h5-8,11-13,17H,2-4,9-10H2,1H3,(H2,24,32)(H,25,28)(H,29,33)(H,26,27,31)/t17-/m0/s1. The van der Waals surface area contributed by atoms with Crippen molar-refractivity contribution < 1.29 is 14.3 Å². The monoisotopic (exact) mass is 462 g/mol. The van der Waals surface area contributed by atoms with Crippen molar-refractivity contribution in [3.63, 3.8) is 0 Å². The van der Waals surface area contributed by atoms with Crippen LogP contribution in [0.1, 0.15) is 54.6 Å². The van der Waals surface area contributed by atoms with Gasteiger partial charge in [-0.2, -0.15) is 0 Å². The molecule has 1 atom stereocenters. The lowest BCUT2D eigenvalue weighted by Gasteiger charge is -2.16. The Morgan fingerprint density at radius 1 is 1.18 bits per heavy atom. The number of para-hydroxylation sites is 1. The molecule has 0 fully saturated rings. The molecule has 0 aliphatic rings. The average molecular weight is 463 g/mol. The van der Waals surface area contributed by atoms with Crippen molar-refractivity contribution in [3.05, 3.63) is 54.5 Å². The number of pyridine rings is 1. The Morgan fingerprint density at radius 3 is 2.79 bits per heavy atom. The van der Waals surface area contributed by atoms with Gasteiger partial charge in [0.25, 0.3) is 5.91 Å². The number of hydrogen-bond acceptors (Lipinski definition) is 7. The summed E-state index contributed by atoms with van der Waals surface area (Å²) >= 11 is 0. The summed E-state index contributed by atoms with van der Waals surface area (Å²) in [6.07, 6.45) is 6.25. The Balaban J connectivity index is 1.57. The smallest absolute Gasteiger partial charge is 0.291 e. The Morgan fingerprint density at radius 2 is 2.03 bits per heavy atom. The minimum absolute atomic E-state index is 0.0471. The summed E-state index contributed by atoms with van der Waals surface area (Å²) in [4.78, 5) is 39.9. The van der Waals surface area contributed by atoms with E-state index in [1.165, 1.54) is 6.33 Å². The summed E-state index contributed by atoms with van der Waals surface area (Å²) in [5.74, 6) is 0.380. The fraction of sp³-hybridized carbons (Fsp3) is 0.304. The molecule has 0 radical (unpaired) electrons. The van der Waals surface area contributed by atoms with Gasteiger partial charge in [-0.1, -0.05) is 31.0 Å². The zero-order valence-corrected chi connectivity index (χ0v) is 18.7. The Hall–Kier alpha value is -4.28. The highest BCUT2D eigenvalue weighted by molar-refractivity contribution is 5.90. The number of hydrogen-bond donors (Lipinski definition) is 4. The van der Waals surface area contributed by atoms with Crippen LogP contribution >= 0.6 is 0 Å². The van der Waals surface area contributed by atoms with Gasteiger partial charge in [-0.25, -0.2) is 15.0 Å². The molecule has 0 bridgehead atoms. The number of amides is 2. The molecule has 3 heterocycles. The van der Waals surface area contributed by atoms with Crippen molar-refractivity contribution in [2.45, 2.75) is 38.1 Å². The van der Waals surface area contributed by atoms with Gasteiger partial charge in [-0.3, -0.25) is 14.7 Å². The molecule has 0 unspecified atom stereocenters. The lowest BCUT2D eigenvalue weighted by atomic mass is 10.1. The molecule has 0 saturated carbocycles. The quantitative estimate of drug-likeness (QED) is 0.249. The molecule has 4 aromatic rings. The number of carbonyl (C=O) groups is 2. The number of rotatable bonds is 11. The van der Waals surface area contributed by atoms with Crippen LogP contribution in [0.4, 0.5) is 0 Å². The topological polar surface area (TPSA) is 165 Å². The summed E-state index contributed by atoms with van der Waals surface area (Å²) in [6.45, 7) is 0. The van der Waals surface area contributed by atoms with Crippen molar-refractivity contribution >= 4 is 22.7 Å². The number of unbranched alkanes of at least 4 members (excludes halogenated alkanes) is 2. The molecule has 4 rings (SSSR count). The number of fused-ring (bicyclic) bond motifs is 1. The maximum absolute atomic E-state index is 12.6. The van der Waals surface area contributed by atoms with Crippen molar-refractivity contribution in [3.8, 4) is 17.1 Å². The van der Waals surface area contributed by atoms with E-state index >= 15 is 0 Å². The largest absolute Gasteiger partial charge is 0.480 e. The number of H-pyrrole nitrogens is 2. The lowest BCUT2D eigenvalue weighted by Crippen LogP contribution is -2.30. The maximum Gasteiger partial charge on any atom is 0.291 e. The second-order valence-corrected chi connectivity index (χ2v) is 7.83. The van der Waals surface area contributed by atoms with Crippen LogP contribution in [0.3, 0.4) is 0 Å². The van der Waals surface area contributed by atoms with Crippen LogP contribution in [-0.4, -0.2) is 49.1 Å². The molecule has 0 aliphatic heterocycles. The summed E-state index contributed by atoms with van der Waals surface area (Å²) in [7, 11) is 1.57. The number of benzene rings is 1. The van der Waals surface area contributed by atoms with Crippen LogP contribution in [0.25, 0.3) is 22.2 Å². The van der Waals surface area contributed by atoms with Crippen LogP contribution in [-0.2, 0) is 4.79 Å². The highest BCUT2D eigenvalue weighted by Gasteiger charge is 2.22. The van der Waals surface area contributed by atoms with E-state index in [-0.39, 0.29) is 11.7 Å². The van der Waals surface area contributed by atoms with E-state index in [0.29, 0.717) is 31.0 Å². The first kappa shape index (κ1) is 22.9. The van der Waals surface area contributed by atoms with E-state index in [2.05, 4.69) is 35.5 Å². The number of imidazole rings is 1. The van der Waals surface area contributed by atoms with E-state index in [1.807, 2.05) is 30.3 Å². The molecule has 11 heteroatoms. The highest BCUT2D eigenvalue weighted by Crippen LogP contribution is 2.31. The predicted octanol–water partition coefficient (Wildman–Crippen LogP) is 2.66. The number of primary amides is 1. The van der Waals surface area contributed by atoms with E-state index in [4.69, 9.17) is 10.5 Å². The molecule has 11 nitrogen and oxygen atoms in total. The zero-order chi connectivity index (χ0) is 23.9. The second kappa shape index (κ2) is 10.6. The summed E-state index contributed by atoms with van der Waals surface area (Å²) < 4.78 is 5.52. The fourth-order valence-electron chi connectivity index (χ4n) is 3.74. The molecule has 1 aromatic carbocycles. The molecule has 5 N–H and O–H groups in total. The fourth-order valence-corrected chi connectivity index (χ4v) is 3.74. The van der Waals surface area contributed by atoms with Crippen LogP contribution in [0, 0.1) is 0 Å². The third kappa shape index (κ3) is 5.37. The Bertz CT molecular complexity index is 1270. The SMILES string of the molecule is COc1nc2ccccc2cc1-c1cnc([C@H](CCCCCC(N)=O)NC(=O)c2nc[nH]n2)[nH]1. The van der Waals surface area contributed by atoms with Gasteiger partial charge in [-0.15, -0.1) is 5.10 Å². The molecular formula is C23H26N8O3. The molecule has 0 spiro atoms. The van der Waals surface area contributed by atoms with Gasteiger partial charge in [0.2, 0.25) is 17.6 Å².